The molecule has 5 aromatic rings. The zero-order valence-electron chi connectivity index (χ0n) is 15.5. The Hall–Kier alpha value is -3.41. The Balaban J connectivity index is 1.33. The van der Waals surface area contributed by atoms with Crippen LogP contribution >= 0.6 is 22.9 Å². The normalized spacial score (nSPS) is 11.5. The van der Waals surface area contributed by atoms with Crippen molar-refractivity contribution < 1.29 is 13.6 Å². The molecular weight excluding hydrogens is 418 g/mol. The number of halogens is 1. The molecule has 0 saturated carbocycles. The number of para-hydroxylation sites is 1. The van der Waals surface area contributed by atoms with Crippen molar-refractivity contribution in [3.8, 4) is 22.1 Å². The van der Waals surface area contributed by atoms with Crippen molar-refractivity contribution in [2.24, 2.45) is 0 Å². The molecule has 0 bridgehead atoms. The summed E-state index contributed by atoms with van der Waals surface area (Å²) in [6.07, 6.45) is 3.05. The number of hydrogen-bond donors (Lipinski definition) is 0. The van der Waals surface area contributed by atoms with E-state index in [0.29, 0.717) is 22.3 Å². The van der Waals surface area contributed by atoms with Crippen molar-refractivity contribution in [2.75, 3.05) is 0 Å². The lowest BCUT2D eigenvalue weighted by Gasteiger charge is -1.99. The predicted octanol–water partition coefficient (Wildman–Crippen LogP) is 7.37. The van der Waals surface area contributed by atoms with E-state index in [1.807, 2.05) is 54.6 Å². The summed E-state index contributed by atoms with van der Waals surface area (Å²) in [5, 5.41) is 1.37. The van der Waals surface area contributed by atoms with E-state index in [4.69, 9.17) is 20.4 Å². The van der Waals surface area contributed by atoms with E-state index in [1.165, 1.54) is 6.08 Å². The minimum atomic E-state index is -0.258. The van der Waals surface area contributed by atoms with Crippen LogP contribution in [-0.4, -0.2) is 10.8 Å². The first-order valence-corrected chi connectivity index (χ1v) is 10.4. The number of allylic oxidation sites excluding steroid dienone is 1. The summed E-state index contributed by atoms with van der Waals surface area (Å²) in [5.74, 6) is 1.76. The fraction of sp³-hybridized carbons (Fsp3) is 0. The number of carbonyl (C=O) groups excluding carboxylic acids is 1. The average Bonchev–Trinajstić information content (AvgIpc) is 3.51. The van der Waals surface area contributed by atoms with Crippen molar-refractivity contribution in [3.05, 3.63) is 95.4 Å². The van der Waals surface area contributed by atoms with Gasteiger partial charge in [-0.1, -0.05) is 35.9 Å². The maximum absolute atomic E-state index is 12.5. The molecule has 3 heterocycles. The molecule has 0 aliphatic carbocycles. The lowest BCUT2D eigenvalue weighted by molar-refractivity contribution is 0.102. The van der Waals surface area contributed by atoms with Crippen LogP contribution in [0.2, 0.25) is 5.02 Å². The van der Waals surface area contributed by atoms with Crippen LogP contribution in [0.5, 0.6) is 0 Å². The fourth-order valence-electron chi connectivity index (χ4n) is 3.05. The Morgan fingerprint density at radius 3 is 2.57 bits per heavy atom. The van der Waals surface area contributed by atoms with Gasteiger partial charge >= 0.3 is 0 Å². The van der Waals surface area contributed by atoms with Crippen molar-refractivity contribution in [2.45, 2.75) is 0 Å². The van der Waals surface area contributed by atoms with E-state index in [2.05, 4.69) is 4.98 Å². The predicted molar refractivity (Wildman–Crippen MR) is 120 cm³/mol. The van der Waals surface area contributed by atoms with E-state index in [-0.39, 0.29) is 11.5 Å². The zero-order chi connectivity index (χ0) is 20.5. The Morgan fingerprint density at radius 2 is 1.70 bits per heavy atom. The number of furan rings is 2. The highest BCUT2D eigenvalue weighted by atomic mass is 35.5. The molecule has 0 unspecified atom stereocenters. The van der Waals surface area contributed by atoms with Crippen LogP contribution in [0.3, 0.4) is 0 Å². The van der Waals surface area contributed by atoms with Gasteiger partial charge in [-0.3, -0.25) is 4.79 Å². The van der Waals surface area contributed by atoms with E-state index in [9.17, 15) is 4.79 Å². The summed E-state index contributed by atoms with van der Waals surface area (Å²) >= 11 is 7.76. The molecule has 0 atom stereocenters. The summed E-state index contributed by atoms with van der Waals surface area (Å²) in [4.78, 5) is 17.1. The number of aromatic nitrogens is 1. The van der Waals surface area contributed by atoms with Gasteiger partial charge in [0.25, 0.3) is 0 Å². The standard InChI is InChI=1S/C24H14ClNO3S/c25-17-6-2-1-5-16(17)20-13-14-21(29-20)19(27)11-9-15-10-12-22(28-15)24-26-18-7-3-4-8-23(18)30-24/h1-14H/b11-9+. The molecule has 0 spiro atoms. The van der Waals surface area contributed by atoms with Gasteiger partial charge in [0.05, 0.1) is 15.2 Å². The summed E-state index contributed by atoms with van der Waals surface area (Å²) in [7, 11) is 0. The summed E-state index contributed by atoms with van der Waals surface area (Å²) in [6, 6.07) is 22.3. The molecule has 4 nitrogen and oxygen atoms in total. The second-order valence-electron chi connectivity index (χ2n) is 6.53. The summed E-state index contributed by atoms with van der Waals surface area (Å²) in [6.45, 7) is 0. The molecule has 146 valence electrons. The molecule has 6 heteroatoms. The van der Waals surface area contributed by atoms with Gasteiger partial charge in [0.15, 0.2) is 16.5 Å². The Morgan fingerprint density at radius 1 is 0.900 bits per heavy atom. The highest BCUT2D eigenvalue weighted by molar-refractivity contribution is 7.21. The largest absolute Gasteiger partial charge is 0.454 e. The Labute approximate surface area is 181 Å². The van der Waals surface area contributed by atoms with Gasteiger partial charge in [0.2, 0.25) is 5.78 Å². The highest BCUT2D eigenvalue weighted by Gasteiger charge is 2.13. The van der Waals surface area contributed by atoms with Crippen LogP contribution in [0.25, 0.3) is 38.4 Å². The van der Waals surface area contributed by atoms with Crippen molar-refractivity contribution in [1.29, 1.82) is 0 Å². The van der Waals surface area contributed by atoms with E-state index >= 15 is 0 Å². The molecule has 0 N–H and O–H groups in total. The monoisotopic (exact) mass is 431 g/mol. The fourth-order valence-corrected chi connectivity index (χ4v) is 4.21. The van der Waals surface area contributed by atoms with E-state index < -0.39 is 0 Å². The molecule has 2 aromatic carbocycles. The van der Waals surface area contributed by atoms with Crippen LogP contribution < -0.4 is 0 Å². The molecule has 0 aliphatic heterocycles. The lowest BCUT2D eigenvalue weighted by Crippen LogP contribution is -1.90. The minimum Gasteiger partial charge on any atom is -0.454 e. The third-order valence-electron chi connectivity index (χ3n) is 4.52. The molecular formula is C24H14ClNO3S. The number of ketones is 1. The molecule has 30 heavy (non-hydrogen) atoms. The second kappa shape index (κ2) is 7.78. The van der Waals surface area contributed by atoms with E-state index in [0.717, 1.165) is 20.8 Å². The van der Waals surface area contributed by atoms with Gasteiger partial charge in [-0.2, -0.15) is 0 Å². The number of benzene rings is 2. The SMILES string of the molecule is O=C(/C=C/c1ccc(-c2nc3ccccc3s2)o1)c1ccc(-c2ccccc2Cl)o1. The van der Waals surface area contributed by atoms with Gasteiger partial charge in [-0.05, 0) is 60.7 Å². The summed E-state index contributed by atoms with van der Waals surface area (Å²) in [5.41, 5.74) is 1.68. The molecule has 0 amide bonds. The van der Waals surface area contributed by atoms with Gasteiger partial charge < -0.3 is 8.83 Å². The highest BCUT2D eigenvalue weighted by Crippen LogP contribution is 2.32. The average molecular weight is 432 g/mol. The van der Waals surface area contributed by atoms with Crippen LogP contribution in [0.15, 0.2) is 87.7 Å². The van der Waals surface area contributed by atoms with Crippen LogP contribution in [-0.2, 0) is 0 Å². The second-order valence-corrected chi connectivity index (χ2v) is 7.97. The maximum atomic E-state index is 12.5. The molecule has 5 rings (SSSR count). The van der Waals surface area contributed by atoms with Crippen LogP contribution in [0.1, 0.15) is 16.3 Å². The number of carbonyl (C=O) groups is 1. The zero-order valence-corrected chi connectivity index (χ0v) is 17.1. The minimum absolute atomic E-state index is 0.235. The quantitative estimate of drug-likeness (QED) is 0.215. The Kier molecular flexibility index (Phi) is 4.83. The summed E-state index contributed by atoms with van der Waals surface area (Å²) < 4.78 is 12.6. The lowest BCUT2D eigenvalue weighted by atomic mass is 10.2. The van der Waals surface area contributed by atoms with Crippen molar-refractivity contribution in [1.82, 2.24) is 4.98 Å². The van der Waals surface area contributed by atoms with Gasteiger partial charge in [0.1, 0.15) is 11.5 Å². The number of nitrogens with zero attached hydrogens (tertiary/aromatic N) is 1. The van der Waals surface area contributed by atoms with Crippen LogP contribution in [0, 0.1) is 0 Å². The smallest absolute Gasteiger partial charge is 0.221 e. The maximum Gasteiger partial charge on any atom is 0.221 e. The topological polar surface area (TPSA) is 56.2 Å². The first kappa shape index (κ1) is 18.6. The third-order valence-corrected chi connectivity index (χ3v) is 5.90. The molecule has 0 fully saturated rings. The number of rotatable bonds is 5. The van der Waals surface area contributed by atoms with E-state index in [1.54, 1.807) is 35.6 Å². The molecule has 3 aromatic heterocycles. The first-order valence-electron chi connectivity index (χ1n) is 9.20. The van der Waals surface area contributed by atoms with Crippen LogP contribution in [0.4, 0.5) is 0 Å². The van der Waals surface area contributed by atoms with Gasteiger partial charge in [0, 0.05) is 5.56 Å². The van der Waals surface area contributed by atoms with Crippen molar-refractivity contribution >= 4 is 45.0 Å². The molecule has 0 radical (unpaired) electrons. The van der Waals surface area contributed by atoms with Gasteiger partial charge in [-0.25, -0.2) is 4.98 Å². The third kappa shape index (κ3) is 3.61. The first-order chi connectivity index (χ1) is 14.7. The number of fused-ring (bicyclic) bond motifs is 1. The van der Waals surface area contributed by atoms with Gasteiger partial charge in [-0.15, -0.1) is 11.3 Å². The van der Waals surface area contributed by atoms with Crippen molar-refractivity contribution in [3.63, 3.8) is 0 Å². The molecule has 0 aliphatic rings. The molecule has 0 saturated heterocycles. The Bertz CT molecular complexity index is 1360. The number of thiazole rings is 1. The number of hydrogen-bond acceptors (Lipinski definition) is 5.